The lowest BCUT2D eigenvalue weighted by molar-refractivity contribution is 0.0600. The summed E-state index contributed by atoms with van der Waals surface area (Å²) in [6.45, 7) is 1.42. The second-order valence-corrected chi connectivity index (χ2v) is 7.49. The van der Waals surface area contributed by atoms with E-state index in [4.69, 9.17) is 18.9 Å². The highest BCUT2D eigenvalue weighted by Crippen LogP contribution is 2.31. The van der Waals surface area contributed by atoms with Gasteiger partial charge < -0.3 is 23.5 Å². The molecule has 0 spiro atoms. The fourth-order valence-electron chi connectivity index (χ4n) is 3.81. The molecule has 9 nitrogen and oxygen atoms in total. The summed E-state index contributed by atoms with van der Waals surface area (Å²) in [7, 11) is 2.87. The Labute approximate surface area is 189 Å². The summed E-state index contributed by atoms with van der Waals surface area (Å²) < 4.78 is 24.4. The van der Waals surface area contributed by atoms with Crippen LogP contribution in [0.1, 0.15) is 15.9 Å². The molecule has 0 aliphatic carbocycles. The van der Waals surface area contributed by atoms with Gasteiger partial charge in [0.25, 0.3) is 5.56 Å². The molecule has 0 unspecified atom stereocenters. The van der Waals surface area contributed by atoms with Crippen molar-refractivity contribution in [3.8, 4) is 34.2 Å². The van der Waals surface area contributed by atoms with Crippen LogP contribution in [-0.2, 0) is 11.3 Å². The first kappa shape index (κ1) is 20.6. The van der Waals surface area contributed by atoms with Gasteiger partial charge in [0.15, 0.2) is 11.5 Å². The molecule has 0 fully saturated rings. The van der Waals surface area contributed by atoms with Gasteiger partial charge in [0, 0.05) is 18.9 Å². The van der Waals surface area contributed by atoms with E-state index < -0.39 is 5.97 Å². The van der Waals surface area contributed by atoms with E-state index in [0.717, 1.165) is 5.56 Å². The van der Waals surface area contributed by atoms with E-state index in [0.29, 0.717) is 48.3 Å². The number of pyridine rings is 1. The number of fused-ring (bicyclic) bond motifs is 2. The van der Waals surface area contributed by atoms with Crippen molar-refractivity contribution in [2.45, 2.75) is 6.54 Å². The van der Waals surface area contributed by atoms with Crippen molar-refractivity contribution in [3.05, 3.63) is 76.3 Å². The predicted octanol–water partition coefficient (Wildman–Crippen LogP) is 2.75. The molecule has 2 aromatic carbocycles. The van der Waals surface area contributed by atoms with Crippen LogP contribution in [0.5, 0.6) is 17.2 Å². The Balaban J connectivity index is 1.59. The fraction of sp³-hybridized carbons (Fsp3) is 0.208. The summed E-state index contributed by atoms with van der Waals surface area (Å²) in [5.74, 6) is 1.46. The third kappa shape index (κ3) is 3.78. The summed E-state index contributed by atoms with van der Waals surface area (Å²) >= 11 is 0. The van der Waals surface area contributed by atoms with Gasteiger partial charge >= 0.3 is 5.97 Å². The fourth-order valence-corrected chi connectivity index (χ4v) is 3.81. The quantitative estimate of drug-likeness (QED) is 0.434. The Bertz CT molecular complexity index is 1360. The van der Waals surface area contributed by atoms with Gasteiger partial charge in [-0.25, -0.2) is 4.79 Å². The van der Waals surface area contributed by atoms with Crippen LogP contribution in [0.3, 0.4) is 0 Å². The Kier molecular flexibility index (Phi) is 5.21. The lowest BCUT2D eigenvalue weighted by atomic mass is 10.1. The second-order valence-electron chi connectivity index (χ2n) is 7.49. The van der Waals surface area contributed by atoms with Crippen molar-refractivity contribution >= 4 is 5.97 Å². The smallest absolute Gasteiger partial charge is 0.341 e. The van der Waals surface area contributed by atoms with E-state index in [1.165, 1.54) is 11.8 Å². The molecular formula is C24H21N3O6. The number of carbonyl (C=O) groups is 1. The van der Waals surface area contributed by atoms with Gasteiger partial charge in [0.1, 0.15) is 30.2 Å². The number of rotatable bonds is 5. The average molecular weight is 447 g/mol. The van der Waals surface area contributed by atoms with Crippen molar-refractivity contribution in [1.29, 1.82) is 0 Å². The lowest BCUT2D eigenvalue weighted by Gasteiger charge is -2.19. The van der Waals surface area contributed by atoms with Crippen LogP contribution < -0.4 is 19.8 Å². The summed E-state index contributed by atoms with van der Waals surface area (Å²) in [5, 5.41) is 4.43. The number of methoxy groups -OCH3 is 2. The number of aromatic nitrogens is 3. The van der Waals surface area contributed by atoms with Crippen molar-refractivity contribution in [2.24, 2.45) is 0 Å². The van der Waals surface area contributed by atoms with Gasteiger partial charge in [-0.15, -0.1) is 0 Å². The minimum absolute atomic E-state index is 0.205. The molecule has 0 atom stereocenters. The van der Waals surface area contributed by atoms with Gasteiger partial charge in [-0.05, 0) is 42.0 Å². The maximum absolute atomic E-state index is 13.2. The SMILES string of the molecule is COC(=O)c1cn(Cc2ccc3c(c2)OCCO3)cc2c(=O)n(-c3ccc(OC)cc3)nc1-2. The first-order chi connectivity index (χ1) is 16.1. The van der Waals surface area contributed by atoms with E-state index >= 15 is 0 Å². The maximum Gasteiger partial charge on any atom is 0.341 e. The van der Waals surface area contributed by atoms with Crippen LogP contribution in [0, 0.1) is 0 Å². The highest BCUT2D eigenvalue weighted by Gasteiger charge is 2.25. The topological polar surface area (TPSA) is 93.8 Å². The van der Waals surface area contributed by atoms with Crippen LogP contribution in [-0.4, -0.2) is 47.8 Å². The average Bonchev–Trinajstić information content (AvgIpc) is 3.19. The molecule has 0 saturated heterocycles. The van der Waals surface area contributed by atoms with E-state index in [-0.39, 0.29) is 16.8 Å². The first-order valence-electron chi connectivity index (χ1n) is 10.3. The molecule has 0 amide bonds. The van der Waals surface area contributed by atoms with Crippen LogP contribution in [0.15, 0.2) is 59.7 Å². The number of ether oxygens (including phenoxy) is 4. The maximum atomic E-state index is 13.2. The van der Waals surface area contributed by atoms with Crippen molar-refractivity contribution < 1.29 is 23.7 Å². The van der Waals surface area contributed by atoms with E-state index in [1.807, 2.05) is 18.2 Å². The number of esters is 1. The third-order valence-electron chi connectivity index (χ3n) is 5.42. The third-order valence-corrected chi connectivity index (χ3v) is 5.42. The molecule has 0 N–H and O–H groups in total. The van der Waals surface area contributed by atoms with Gasteiger partial charge in [-0.1, -0.05) is 6.07 Å². The molecule has 0 radical (unpaired) electrons. The van der Waals surface area contributed by atoms with Crippen LogP contribution in [0.25, 0.3) is 16.9 Å². The van der Waals surface area contributed by atoms with E-state index in [1.54, 1.807) is 48.3 Å². The van der Waals surface area contributed by atoms with Gasteiger partial charge in [-0.3, -0.25) is 4.79 Å². The molecule has 3 aliphatic rings. The molecule has 168 valence electrons. The molecule has 3 aliphatic heterocycles. The Hall–Kier alpha value is -4.27. The lowest BCUT2D eigenvalue weighted by Crippen LogP contribution is -2.16. The highest BCUT2D eigenvalue weighted by atomic mass is 16.6. The van der Waals surface area contributed by atoms with Crippen molar-refractivity contribution in [3.63, 3.8) is 0 Å². The minimum Gasteiger partial charge on any atom is -0.497 e. The number of carbonyl (C=O) groups excluding carboxylic acids is 1. The van der Waals surface area contributed by atoms with Crippen molar-refractivity contribution in [1.82, 2.24) is 14.3 Å². The van der Waals surface area contributed by atoms with Crippen LogP contribution in [0.2, 0.25) is 0 Å². The van der Waals surface area contributed by atoms with E-state index in [2.05, 4.69) is 5.10 Å². The Morgan fingerprint density at radius 1 is 1.03 bits per heavy atom. The number of benzene rings is 2. The normalized spacial score (nSPS) is 12.5. The monoisotopic (exact) mass is 447 g/mol. The molecule has 0 aromatic heterocycles. The van der Waals surface area contributed by atoms with Gasteiger partial charge in [0.2, 0.25) is 0 Å². The summed E-state index contributed by atoms with van der Waals surface area (Å²) in [5.41, 5.74) is 1.95. The van der Waals surface area contributed by atoms with Gasteiger partial charge in [0.05, 0.1) is 25.5 Å². The Morgan fingerprint density at radius 2 is 1.79 bits per heavy atom. The minimum atomic E-state index is -0.573. The van der Waals surface area contributed by atoms with Crippen LogP contribution >= 0.6 is 0 Å². The summed E-state index contributed by atoms with van der Waals surface area (Å²) in [6, 6.07) is 12.6. The Morgan fingerprint density at radius 3 is 2.52 bits per heavy atom. The molecular weight excluding hydrogens is 426 g/mol. The number of hydrogen-bond acceptors (Lipinski definition) is 7. The molecule has 33 heavy (non-hydrogen) atoms. The molecule has 5 rings (SSSR count). The largest absolute Gasteiger partial charge is 0.497 e. The molecule has 0 saturated carbocycles. The zero-order valence-electron chi connectivity index (χ0n) is 18.1. The molecule has 3 heterocycles. The molecule has 2 aromatic rings. The van der Waals surface area contributed by atoms with E-state index in [9.17, 15) is 9.59 Å². The van der Waals surface area contributed by atoms with Crippen molar-refractivity contribution in [2.75, 3.05) is 27.4 Å². The predicted molar refractivity (Wildman–Crippen MR) is 119 cm³/mol. The standard InChI is InChI=1S/C24H21N3O6/c1-30-17-6-4-16(5-7-17)27-23(28)18-13-26(14-19(22(18)25-27)24(29)31-2)12-15-3-8-20-21(11-15)33-10-9-32-20/h3-8,11,13-14H,9-10,12H2,1-2H3. The zero-order valence-corrected chi connectivity index (χ0v) is 18.1. The second kappa shape index (κ2) is 8.34. The summed E-state index contributed by atoms with van der Waals surface area (Å²) in [6.07, 6.45) is 3.32. The highest BCUT2D eigenvalue weighted by molar-refractivity contribution is 5.96. The zero-order chi connectivity index (χ0) is 22.9. The first-order valence-corrected chi connectivity index (χ1v) is 10.3. The van der Waals surface area contributed by atoms with Crippen LogP contribution in [0.4, 0.5) is 0 Å². The number of nitrogens with zero attached hydrogens (tertiary/aromatic N) is 3. The van der Waals surface area contributed by atoms with Gasteiger partial charge in [-0.2, -0.15) is 9.78 Å². The molecule has 0 bridgehead atoms. The molecule has 9 heteroatoms. The summed E-state index contributed by atoms with van der Waals surface area (Å²) in [4.78, 5) is 25.7. The number of hydrogen-bond donors (Lipinski definition) is 0.